The number of nitrogens with zero attached hydrogens (tertiary/aromatic N) is 6. The number of aromatic nitrogens is 4. The molecule has 222 valence electrons. The van der Waals surface area contributed by atoms with Crippen molar-refractivity contribution in [2.75, 3.05) is 40.4 Å². The highest BCUT2D eigenvalue weighted by Gasteiger charge is 2.34. The normalized spacial score (nSPS) is 12.2. The van der Waals surface area contributed by atoms with Crippen LogP contribution in [0, 0.1) is 5.82 Å². The molecule has 2 amide bonds. The Balaban J connectivity index is 1.95. The summed E-state index contributed by atoms with van der Waals surface area (Å²) in [5.41, 5.74) is 0.581. The van der Waals surface area contributed by atoms with Gasteiger partial charge in [-0.2, -0.15) is 4.80 Å². The number of halogens is 1. The fraction of sp³-hybridized carbons (Fsp3) is 0.483. The molecule has 0 bridgehead atoms. The van der Waals surface area contributed by atoms with Gasteiger partial charge >= 0.3 is 0 Å². The van der Waals surface area contributed by atoms with Gasteiger partial charge in [-0.1, -0.05) is 26.0 Å². The molecule has 0 aliphatic rings. The van der Waals surface area contributed by atoms with Crippen LogP contribution in [0.25, 0.3) is 11.4 Å². The van der Waals surface area contributed by atoms with Gasteiger partial charge in [0.15, 0.2) is 11.5 Å². The van der Waals surface area contributed by atoms with E-state index in [0.29, 0.717) is 35.0 Å². The first kappa shape index (κ1) is 31.5. The largest absolute Gasteiger partial charge is 0.493 e. The lowest BCUT2D eigenvalue weighted by molar-refractivity contribution is -0.142. The molecule has 0 saturated carbocycles. The number of hydrogen-bond donors (Lipinski definition) is 1. The highest BCUT2D eigenvalue weighted by Crippen LogP contribution is 2.31. The second-order valence-electron chi connectivity index (χ2n) is 10.5. The quantitative estimate of drug-likeness (QED) is 0.334. The molecule has 0 unspecified atom stereocenters. The van der Waals surface area contributed by atoms with Gasteiger partial charge < -0.3 is 24.6 Å². The number of ether oxygens (including phenoxy) is 2. The number of benzene rings is 2. The van der Waals surface area contributed by atoms with Crippen molar-refractivity contribution in [3.05, 3.63) is 53.8 Å². The summed E-state index contributed by atoms with van der Waals surface area (Å²) in [4.78, 5) is 32.4. The minimum atomic E-state index is -0.994. The number of hydrogen-bond acceptors (Lipinski definition) is 8. The molecule has 0 aliphatic heterocycles. The number of carbonyl (C=O) groups excluding carboxylic acids is 2. The van der Waals surface area contributed by atoms with Gasteiger partial charge in [-0.05, 0) is 75.0 Å². The Morgan fingerprint density at radius 1 is 1.00 bits per heavy atom. The van der Waals surface area contributed by atoms with E-state index in [1.807, 2.05) is 34.6 Å². The summed E-state index contributed by atoms with van der Waals surface area (Å²) in [5.74, 6) is 0.185. The summed E-state index contributed by atoms with van der Waals surface area (Å²) < 4.78 is 24.5. The Hall–Kier alpha value is -4.06. The van der Waals surface area contributed by atoms with Crippen molar-refractivity contribution in [2.24, 2.45) is 0 Å². The zero-order chi connectivity index (χ0) is 30.2. The molecular formula is C29H40FN7O4. The molecular weight excluding hydrogens is 529 g/mol. The minimum Gasteiger partial charge on any atom is -0.493 e. The Bertz CT molecular complexity index is 1300. The lowest BCUT2D eigenvalue weighted by Crippen LogP contribution is -2.51. The van der Waals surface area contributed by atoms with Crippen LogP contribution in [0.15, 0.2) is 42.5 Å². The third-order valence-electron chi connectivity index (χ3n) is 6.49. The van der Waals surface area contributed by atoms with Crippen LogP contribution in [-0.4, -0.2) is 87.8 Å². The number of amides is 2. The van der Waals surface area contributed by atoms with Gasteiger partial charge in [-0.3, -0.25) is 9.59 Å². The fourth-order valence-electron chi connectivity index (χ4n) is 4.36. The van der Waals surface area contributed by atoms with E-state index in [1.165, 1.54) is 41.1 Å². The summed E-state index contributed by atoms with van der Waals surface area (Å²) in [7, 11) is 3.08. The minimum absolute atomic E-state index is 0.251. The molecule has 1 aromatic heterocycles. The van der Waals surface area contributed by atoms with Crippen molar-refractivity contribution < 1.29 is 23.5 Å². The van der Waals surface area contributed by atoms with Gasteiger partial charge in [-0.15, -0.1) is 10.2 Å². The second-order valence-corrected chi connectivity index (χ2v) is 10.5. The highest BCUT2D eigenvalue weighted by molar-refractivity contribution is 5.89. The Morgan fingerprint density at radius 3 is 2.24 bits per heavy atom. The standard InChI is InChI=1S/C29H40FN7O4/c1-8-35(9-2)16-17-36(26(28(39)31-29(3,4)5)20-10-13-22(30)14-11-20)25(38)19-37-33-27(32-34-37)21-12-15-23(40-6)24(18-21)41-7/h10-15,18,26H,8-9,16-17,19H2,1-7H3,(H,31,39)/t26-/m1/s1. The zero-order valence-electron chi connectivity index (χ0n) is 24.8. The Morgan fingerprint density at radius 2 is 1.66 bits per heavy atom. The van der Waals surface area contributed by atoms with Crippen molar-refractivity contribution in [3.63, 3.8) is 0 Å². The molecule has 0 fully saturated rings. The molecule has 0 saturated heterocycles. The molecule has 11 nitrogen and oxygen atoms in total. The van der Waals surface area contributed by atoms with Gasteiger partial charge in [0.1, 0.15) is 18.4 Å². The van der Waals surface area contributed by atoms with E-state index in [2.05, 4.69) is 25.6 Å². The molecule has 0 aliphatic carbocycles. The van der Waals surface area contributed by atoms with Crippen LogP contribution < -0.4 is 14.8 Å². The summed E-state index contributed by atoms with van der Waals surface area (Å²) in [6, 6.07) is 9.86. The third-order valence-corrected chi connectivity index (χ3v) is 6.49. The Kier molecular flexibility index (Phi) is 10.8. The van der Waals surface area contributed by atoms with E-state index in [0.717, 1.165) is 13.1 Å². The monoisotopic (exact) mass is 569 g/mol. The molecule has 12 heteroatoms. The molecule has 2 aromatic carbocycles. The zero-order valence-corrected chi connectivity index (χ0v) is 24.8. The average Bonchev–Trinajstić information content (AvgIpc) is 3.40. The van der Waals surface area contributed by atoms with Crippen molar-refractivity contribution in [3.8, 4) is 22.9 Å². The first-order valence-corrected chi connectivity index (χ1v) is 13.6. The van der Waals surface area contributed by atoms with Gasteiger partial charge in [0.2, 0.25) is 17.6 Å². The SMILES string of the molecule is CCN(CC)CCN(C(=O)Cn1nnc(-c2ccc(OC)c(OC)c2)n1)[C@@H](C(=O)NC(C)(C)C)c1ccc(F)cc1. The molecule has 1 N–H and O–H groups in total. The number of rotatable bonds is 13. The third kappa shape index (κ3) is 8.46. The van der Waals surface area contributed by atoms with Gasteiger partial charge in [-0.25, -0.2) is 4.39 Å². The Labute approximate surface area is 240 Å². The highest BCUT2D eigenvalue weighted by atomic mass is 19.1. The number of carbonyl (C=O) groups is 2. The lowest BCUT2D eigenvalue weighted by atomic mass is 10.0. The summed E-state index contributed by atoms with van der Waals surface area (Å²) >= 11 is 0. The van der Waals surface area contributed by atoms with E-state index in [-0.39, 0.29) is 24.9 Å². The van der Waals surface area contributed by atoms with Crippen LogP contribution in [0.4, 0.5) is 4.39 Å². The van der Waals surface area contributed by atoms with Crippen molar-refractivity contribution in [2.45, 2.75) is 52.7 Å². The fourth-order valence-corrected chi connectivity index (χ4v) is 4.36. The van der Waals surface area contributed by atoms with E-state index < -0.39 is 17.4 Å². The van der Waals surface area contributed by atoms with E-state index in [4.69, 9.17) is 9.47 Å². The molecule has 0 radical (unpaired) electrons. The van der Waals surface area contributed by atoms with Crippen LogP contribution in [0.2, 0.25) is 0 Å². The molecule has 0 spiro atoms. The van der Waals surface area contributed by atoms with Crippen molar-refractivity contribution in [1.29, 1.82) is 0 Å². The average molecular weight is 570 g/mol. The maximum absolute atomic E-state index is 13.9. The molecule has 3 aromatic rings. The predicted octanol–water partition coefficient (Wildman–Crippen LogP) is 3.32. The van der Waals surface area contributed by atoms with Crippen LogP contribution in [-0.2, 0) is 16.1 Å². The smallest absolute Gasteiger partial charge is 0.247 e. The first-order valence-electron chi connectivity index (χ1n) is 13.6. The van der Waals surface area contributed by atoms with Crippen LogP contribution >= 0.6 is 0 Å². The van der Waals surface area contributed by atoms with E-state index in [1.54, 1.807) is 25.3 Å². The molecule has 41 heavy (non-hydrogen) atoms. The van der Waals surface area contributed by atoms with Crippen LogP contribution in [0.3, 0.4) is 0 Å². The van der Waals surface area contributed by atoms with E-state index in [9.17, 15) is 14.0 Å². The predicted molar refractivity (Wildman–Crippen MR) is 153 cm³/mol. The summed E-state index contributed by atoms with van der Waals surface area (Å²) in [6.45, 7) is 11.8. The molecule has 1 atom stereocenters. The molecule has 1 heterocycles. The van der Waals surface area contributed by atoms with Gasteiger partial charge in [0, 0.05) is 24.2 Å². The van der Waals surface area contributed by atoms with Crippen molar-refractivity contribution in [1.82, 2.24) is 35.3 Å². The number of tetrazole rings is 1. The van der Waals surface area contributed by atoms with Crippen molar-refractivity contribution >= 4 is 11.8 Å². The summed E-state index contributed by atoms with van der Waals surface area (Å²) in [5, 5.41) is 15.6. The number of likely N-dealkylation sites (N-methyl/N-ethyl adjacent to an activating group) is 1. The maximum Gasteiger partial charge on any atom is 0.247 e. The topological polar surface area (TPSA) is 115 Å². The van der Waals surface area contributed by atoms with Crippen LogP contribution in [0.1, 0.15) is 46.2 Å². The van der Waals surface area contributed by atoms with E-state index >= 15 is 0 Å². The maximum atomic E-state index is 13.9. The molecule has 3 rings (SSSR count). The van der Waals surface area contributed by atoms with Gasteiger partial charge in [0.05, 0.1) is 14.2 Å². The summed E-state index contributed by atoms with van der Waals surface area (Å²) in [6.07, 6.45) is 0. The van der Waals surface area contributed by atoms with Crippen LogP contribution in [0.5, 0.6) is 11.5 Å². The van der Waals surface area contributed by atoms with Gasteiger partial charge in [0.25, 0.3) is 0 Å². The second kappa shape index (κ2) is 14.0. The lowest BCUT2D eigenvalue weighted by Gasteiger charge is -2.35. The number of methoxy groups -OCH3 is 2. The number of nitrogens with one attached hydrogen (secondary N) is 1. The first-order chi connectivity index (χ1) is 19.5.